The minimum Gasteiger partial charge on any atom is -0.508 e. The summed E-state index contributed by atoms with van der Waals surface area (Å²) in [7, 11) is 0. The second-order valence-corrected chi connectivity index (χ2v) is 7.49. The topological polar surface area (TPSA) is 166 Å². The van der Waals surface area contributed by atoms with Crippen molar-refractivity contribution in [2.45, 2.75) is 43.5 Å². The first-order valence-electron chi connectivity index (χ1n) is 9.64. The first-order chi connectivity index (χ1) is 14.8. The summed E-state index contributed by atoms with van der Waals surface area (Å²) in [6.45, 7) is -0.528. The number of phenols is 3. The molecule has 5 atom stereocenters. The van der Waals surface area contributed by atoms with Crippen LogP contribution in [0, 0.1) is 0 Å². The number of ether oxygens (including phenoxy) is 3. The minimum absolute atomic E-state index is 0.00842. The predicted molar refractivity (Wildman–Crippen MR) is 103 cm³/mol. The third kappa shape index (κ3) is 4.10. The minimum atomic E-state index is -1.27. The average molecular weight is 434 g/mol. The fraction of sp³-hybridized carbons (Fsp3) is 0.381. The molecule has 2 aliphatic rings. The fourth-order valence-corrected chi connectivity index (χ4v) is 3.75. The van der Waals surface area contributed by atoms with Crippen LogP contribution in [0.15, 0.2) is 30.3 Å². The van der Waals surface area contributed by atoms with Gasteiger partial charge in [-0.3, -0.25) is 4.79 Å². The Morgan fingerprint density at radius 1 is 1.06 bits per heavy atom. The number of fused-ring (bicyclic) bond motifs is 1. The van der Waals surface area contributed by atoms with Gasteiger partial charge in [0.2, 0.25) is 6.29 Å². The maximum Gasteiger partial charge on any atom is 0.202 e. The number of phenolic OH excluding ortho intramolecular Hbond substituents is 3. The van der Waals surface area contributed by atoms with E-state index < -0.39 is 43.1 Å². The Morgan fingerprint density at radius 3 is 2.58 bits per heavy atom. The molecule has 4 rings (SSSR count). The molecule has 31 heavy (non-hydrogen) atoms. The number of carbonyl (C=O) groups is 1. The SMILES string of the molecule is O=C1C[C@@H](c2cc(O)ccc2O)Oc2cc(O[C@@H]3C[C@@H](O)[C@H](O)[C@@H](CO)O3)cc(O)c21. The molecule has 2 aromatic rings. The number of rotatable bonds is 4. The van der Waals surface area contributed by atoms with Crippen LogP contribution >= 0.6 is 0 Å². The summed E-state index contributed by atoms with van der Waals surface area (Å²) >= 11 is 0. The number of aromatic hydroxyl groups is 3. The summed E-state index contributed by atoms with van der Waals surface area (Å²) in [5.74, 6) is -1.00. The molecule has 0 radical (unpaired) electrons. The van der Waals surface area contributed by atoms with Crippen LogP contribution in [0.4, 0.5) is 0 Å². The van der Waals surface area contributed by atoms with Crippen molar-refractivity contribution < 1.29 is 49.6 Å². The van der Waals surface area contributed by atoms with Gasteiger partial charge in [0.25, 0.3) is 0 Å². The highest BCUT2D eigenvalue weighted by atomic mass is 16.7. The zero-order valence-electron chi connectivity index (χ0n) is 16.2. The Morgan fingerprint density at radius 2 is 1.84 bits per heavy atom. The molecule has 2 aromatic carbocycles. The van der Waals surface area contributed by atoms with Crippen LogP contribution in [0.25, 0.3) is 0 Å². The second-order valence-electron chi connectivity index (χ2n) is 7.49. The molecule has 1 fully saturated rings. The number of aliphatic hydroxyl groups excluding tert-OH is 3. The molecule has 0 unspecified atom stereocenters. The highest BCUT2D eigenvalue weighted by molar-refractivity contribution is 6.02. The maximum absolute atomic E-state index is 12.6. The van der Waals surface area contributed by atoms with Gasteiger partial charge in [-0.25, -0.2) is 0 Å². The van der Waals surface area contributed by atoms with Crippen LogP contribution in [-0.2, 0) is 4.74 Å². The second kappa shape index (κ2) is 8.23. The lowest BCUT2D eigenvalue weighted by Crippen LogP contribution is -2.51. The Bertz CT molecular complexity index is 990. The van der Waals surface area contributed by atoms with Gasteiger partial charge in [-0.2, -0.15) is 0 Å². The van der Waals surface area contributed by atoms with Gasteiger partial charge < -0.3 is 44.8 Å². The van der Waals surface area contributed by atoms with Crippen molar-refractivity contribution in [1.82, 2.24) is 0 Å². The van der Waals surface area contributed by atoms with Gasteiger partial charge in [0, 0.05) is 24.1 Å². The van der Waals surface area contributed by atoms with Gasteiger partial charge in [-0.1, -0.05) is 0 Å². The predicted octanol–water partition coefficient (Wildman–Crippen LogP) is 0.718. The smallest absolute Gasteiger partial charge is 0.202 e. The maximum atomic E-state index is 12.6. The molecular weight excluding hydrogens is 412 g/mol. The van der Waals surface area contributed by atoms with E-state index >= 15 is 0 Å². The average Bonchev–Trinajstić information content (AvgIpc) is 2.71. The third-order valence-corrected chi connectivity index (χ3v) is 5.31. The molecule has 0 saturated carbocycles. The van der Waals surface area contributed by atoms with Crippen molar-refractivity contribution in [3.05, 3.63) is 41.5 Å². The Kier molecular flexibility index (Phi) is 5.63. The molecule has 0 amide bonds. The van der Waals surface area contributed by atoms with E-state index in [1.54, 1.807) is 0 Å². The third-order valence-electron chi connectivity index (χ3n) is 5.31. The van der Waals surface area contributed by atoms with Crippen LogP contribution in [0.3, 0.4) is 0 Å². The van der Waals surface area contributed by atoms with Gasteiger partial charge >= 0.3 is 0 Å². The fourth-order valence-electron chi connectivity index (χ4n) is 3.75. The van der Waals surface area contributed by atoms with E-state index in [0.717, 1.165) is 0 Å². The summed E-state index contributed by atoms with van der Waals surface area (Å²) in [6.07, 6.45) is -5.67. The van der Waals surface area contributed by atoms with Crippen molar-refractivity contribution >= 4 is 5.78 Å². The zero-order chi connectivity index (χ0) is 22.3. The molecular formula is C21H22O10. The van der Waals surface area contributed by atoms with Gasteiger partial charge in [0.05, 0.1) is 19.1 Å². The van der Waals surface area contributed by atoms with Crippen molar-refractivity contribution in [3.63, 3.8) is 0 Å². The summed E-state index contributed by atoms with van der Waals surface area (Å²) in [6, 6.07) is 6.41. The number of benzene rings is 2. The lowest BCUT2D eigenvalue weighted by atomic mass is 9.95. The molecule has 0 aliphatic carbocycles. The quantitative estimate of drug-likeness (QED) is 0.377. The van der Waals surface area contributed by atoms with Crippen LogP contribution in [0.2, 0.25) is 0 Å². The highest BCUT2D eigenvalue weighted by Gasteiger charge is 2.38. The zero-order valence-corrected chi connectivity index (χ0v) is 16.2. The molecule has 2 heterocycles. The number of aliphatic hydroxyl groups is 3. The monoisotopic (exact) mass is 434 g/mol. The Balaban J connectivity index is 1.60. The van der Waals surface area contributed by atoms with Crippen LogP contribution < -0.4 is 9.47 Å². The van der Waals surface area contributed by atoms with Crippen LogP contribution in [0.1, 0.15) is 34.9 Å². The van der Waals surface area contributed by atoms with Gasteiger partial charge in [-0.15, -0.1) is 0 Å². The lowest BCUT2D eigenvalue weighted by molar-refractivity contribution is -0.230. The number of carbonyl (C=O) groups excluding carboxylic acids is 1. The molecule has 0 spiro atoms. The standard InChI is InChI=1S/C21H22O10/c22-8-18-21(28)15(27)7-19(31-18)29-10-4-13(25)20-14(26)6-16(30-17(20)5-10)11-3-9(23)1-2-12(11)24/h1-5,15-16,18-19,21-25,27-28H,6-8H2/t15-,16+,18-,19+,21+/m1/s1. The van der Waals surface area contributed by atoms with Crippen molar-refractivity contribution in [2.24, 2.45) is 0 Å². The molecule has 166 valence electrons. The van der Waals surface area contributed by atoms with E-state index in [1.165, 1.54) is 30.3 Å². The molecule has 10 heteroatoms. The number of Topliss-reactive ketones (excluding diaryl/α,β-unsaturated/α-hetero) is 1. The van der Waals surface area contributed by atoms with Crippen molar-refractivity contribution in [3.8, 4) is 28.7 Å². The van der Waals surface area contributed by atoms with E-state index in [1.807, 2.05) is 0 Å². The number of hydrogen-bond acceptors (Lipinski definition) is 10. The van der Waals surface area contributed by atoms with Gasteiger partial charge in [-0.05, 0) is 18.2 Å². The summed E-state index contributed by atoms with van der Waals surface area (Å²) in [5.41, 5.74) is 0.166. The number of hydrogen-bond donors (Lipinski definition) is 6. The van der Waals surface area contributed by atoms with Gasteiger partial charge in [0.1, 0.15) is 52.6 Å². The van der Waals surface area contributed by atoms with E-state index in [9.17, 15) is 35.4 Å². The molecule has 6 N–H and O–H groups in total. The first kappa shape index (κ1) is 21.2. The summed E-state index contributed by atoms with van der Waals surface area (Å²) < 4.78 is 16.9. The molecule has 2 aliphatic heterocycles. The first-order valence-corrected chi connectivity index (χ1v) is 9.64. The molecule has 1 saturated heterocycles. The van der Waals surface area contributed by atoms with E-state index in [2.05, 4.69) is 0 Å². The van der Waals surface area contributed by atoms with Gasteiger partial charge in [0.15, 0.2) is 5.78 Å². The van der Waals surface area contributed by atoms with Crippen molar-refractivity contribution in [1.29, 1.82) is 0 Å². The van der Waals surface area contributed by atoms with Crippen LogP contribution in [-0.4, -0.2) is 67.6 Å². The molecule has 10 nitrogen and oxygen atoms in total. The van der Waals surface area contributed by atoms with Crippen molar-refractivity contribution in [2.75, 3.05) is 6.61 Å². The number of ketones is 1. The largest absolute Gasteiger partial charge is 0.508 e. The highest BCUT2D eigenvalue weighted by Crippen LogP contribution is 2.44. The van der Waals surface area contributed by atoms with Crippen LogP contribution in [0.5, 0.6) is 28.7 Å². The molecule has 0 bridgehead atoms. The normalized spacial score (nSPS) is 28.0. The summed E-state index contributed by atoms with van der Waals surface area (Å²) in [4.78, 5) is 12.6. The van der Waals surface area contributed by atoms with E-state index in [0.29, 0.717) is 0 Å². The molecule has 0 aromatic heterocycles. The van der Waals surface area contributed by atoms with E-state index in [4.69, 9.17) is 14.2 Å². The lowest BCUT2D eigenvalue weighted by Gasteiger charge is -2.36. The van der Waals surface area contributed by atoms with E-state index in [-0.39, 0.29) is 52.7 Å². The summed E-state index contributed by atoms with van der Waals surface area (Å²) in [5, 5.41) is 59.2. The Labute approximate surface area is 176 Å². The Hall–Kier alpha value is -3.05.